The highest BCUT2D eigenvalue weighted by atomic mass is 79.9. The molecular weight excluding hydrogens is 430 g/mol. The minimum Gasteiger partial charge on any atom is -0.324 e. The van der Waals surface area contributed by atoms with Crippen molar-refractivity contribution in [1.29, 1.82) is 0 Å². The lowest BCUT2D eigenvalue weighted by Crippen LogP contribution is -2.29. The van der Waals surface area contributed by atoms with Gasteiger partial charge in [0.2, 0.25) is 5.91 Å². The second-order valence-electron chi connectivity index (χ2n) is 7.11. The highest BCUT2D eigenvalue weighted by Crippen LogP contribution is 2.29. The first-order chi connectivity index (χ1) is 12.6. The van der Waals surface area contributed by atoms with Crippen molar-refractivity contribution in [2.24, 2.45) is 0 Å². The average molecular weight is 450 g/mol. The zero-order valence-corrected chi connectivity index (χ0v) is 17.9. The van der Waals surface area contributed by atoms with Gasteiger partial charge >= 0.3 is 5.69 Å². The largest absolute Gasteiger partial charge is 0.367 e. The molecule has 3 rings (SSSR count). The molecule has 0 bridgehead atoms. The van der Waals surface area contributed by atoms with Gasteiger partial charge in [0, 0.05) is 14.9 Å². The number of thioether (sulfide) groups is 1. The zero-order valence-electron chi connectivity index (χ0n) is 15.5. The Hall–Kier alpha value is -2.13. The quantitative estimate of drug-likeness (QED) is 0.616. The number of nitrogens with one attached hydrogen (secondary N) is 1. The molecule has 1 aromatic carbocycles. The Labute approximate surface area is 169 Å². The lowest BCUT2D eigenvalue weighted by Gasteiger charge is -2.16. The number of amides is 1. The molecule has 0 aliphatic heterocycles. The van der Waals surface area contributed by atoms with E-state index in [1.807, 2.05) is 25.1 Å². The monoisotopic (exact) mass is 449 g/mol. The number of anilines is 1. The molecule has 0 unspecified atom stereocenters. The SMILES string of the molecule is Cc1cc(NC(=O)Cn2nc3ccc(SC(C)(C)C)nn3c2=O)ccc1Br. The number of nitrogens with zero attached hydrogens (tertiary/aromatic N) is 4. The number of hydrogen-bond acceptors (Lipinski definition) is 5. The summed E-state index contributed by atoms with van der Waals surface area (Å²) in [5.41, 5.74) is 1.64. The fourth-order valence-electron chi connectivity index (χ4n) is 2.42. The van der Waals surface area contributed by atoms with Gasteiger partial charge in [-0.3, -0.25) is 4.79 Å². The van der Waals surface area contributed by atoms with E-state index in [1.165, 1.54) is 4.52 Å². The van der Waals surface area contributed by atoms with E-state index in [1.54, 1.807) is 23.9 Å². The molecule has 2 aromatic heterocycles. The maximum Gasteiger partial charge on any atom is 0.367 e. The van der Waals surface area contributed by atoms with Gasteiger partial charge in [0.05, 0.1) is 0 Å². The van der Waals surface area contributed by atoms with Crippen LogP contribution in [0.25, 0.3) is 5.65 Å². The Morgan fingerprint density at radius 3 is 2.63 bits per heavy atom. The Kier molecular flexibility index (Phi) is 5.43. The topological polar surface area (TPSA) is 81.3 Å². The molecule has 9 heteroatoms. The molecule has 0 radical (unpaired) electrons. The number of aromatic nitrogens is 4. The van der Waals surface area contributed by atoms with Crippen LogP contribution < -0.4 is 11.0 Å². The van der Waals surface area contributed by atoms with E-state index in [2.05, 4.69) is 52.2 Å². The molecule has 7 nitrogen and oxygen atoms in total. The molecule has 0 saturated heterocycles. The maximum atomic E-state index is 12.5. The van der Waals surface area contributed by atoms with Crippen molar-refractivity contribution in [2.75, 3.05) is 5.32 Å². The second kappa shape index (κ2) is 7.47. The van der Waals surface area contributed by atoms with Gasteiger partial charge in [0.15, 0.2) is 5.65 Å². The van der Waals surface area contributed by atoms with Crippen LogP contribution >= 0.6 is 27.7 Å². The summed E-state index contributed by atoms with van der Waals surface area (Å²) in [5, 5.41) is 12.0. The van der Waals surface area contributed by atoms with Crippen LogP contribution in [0.2, 0.25) is 0 Å². The fraction of sp³-hybridized carbons (Fsp3) is 0.333. The van der Waals surface area contributed by atoms with Crippen molar-refractivity contribution in [2.45, 2.75) is 44.0 Å². The molecule has 3 aromatic rings. The molecule has 0 spiro atoms. The number of rotatable bonds is 4. The molecular formula is C18H20BrN5O2S. The molecule has 0 fully saturated rings. The molecule has 0 aliphatic rings. The molecule has 27 heavy (non-hydrogen) atoms. The zero-order chi connectivity index (χ0) is 19.8. The van der Waals surface area contributed by atoms with E-state index in [0.717, 1.165) is 19.7 Å². The Bertz CT molecular complexity index is 1070. The summed E-state index contributed by atoms with van der Waals surface area (Å²) in [5.74, 6) is -0.327. The molecule has 1 amide bonds. The Morgan fingerprint density at radius 2 is 1.96 bits per heavy atom. The van der Waals surface area contributed by atoms with Crippen LogP contribution in [0, 0.1) is 6.92 Å². The van der Waals surface area contributed by atoms with Gasteiger partial charge < -0.3 is 5.32 Å². The van der Waals surface area contributed by atoms with Gasteiger partial charge in [-0.15, -0.1) is 5.10 Å². The first kappa shape index (κ1) is 19.6. The Balaban J connectivity index is 1.80. The third kappa shape index (κ3) is 4.78. The standard InChI is InChI=1S/C18H20BrN5O2S/c1-11-9-12(5-6-13(11)19)20-15(25)10-23-17(26)24-14(21-23)7-8-16(22-24)27-18(2,3)4/h5-9H,10H2,1-4H3,(H,20,25). The normalized spacial score (nSPS) is 11.7. The first-order valence-electron chi connectivity index (χ1n) is 8.34. The van der Waals surface area contributed by atoms with Gasteiger partial charge in [-0.25, -0.2) is 9.48 Å². The highest BCUT2D eigenvalue weighted by Gasteiger charge is 2.16. The predicted molar refractivity (Wildman–Crippen MR) is 110 cm³/mol. The number of aryl methyl sites for hydroxylation is 1. The molecule has 1 N–H and O–H groups in total. The third-order valence-electron chi connectivity index (χ3n) is 3.56. The number of hydrogen-bond donors (Lipinski definition) is 1. The van der Waals surface area contributed by atoms with E-state index in [0.29, 0.717) is 11.3 Å². The highest BCUT2D eigenvalue weighted by molar-refractivity contribution is 9.10. The third-order valence-corrected chi connectivity index (χ3v) is 5.49. The van der Waals surface area contributed by atoms with Crippen molar-refractivity contribution in [3.05, 3.63) is 50.9 Å². The number of carbonyl (C=O) groups is 1. The summed E-state index contributed by atoms with van der Waals surface area (Å²) in [6.45, 7) is 7.97. The summed E-state index contributed by atoms with van der Waals surface area (Å²) >= 11 is 4.98. The van der Waals surface area contributed by atoms with Crippen LogP contribution in [-0.4, -0.2) is 30.0 Å². The van der Waals surface area contributed by atoms with Crippen LogP contribution in [0.5, 0.6) is 0 Å². The summed E-state index contributed by atoms with van der Waals surface area (Å²) in [4.78, 5) is 24.8. The first-order valence-corrected chi connectivity index (χ1v) is 9.95. The molecule has 142 valence electrons. The van der Waals surface area contributed by atoms with E-state index in [-0.39, 0.29) is 17.2 Å². The van der Waals surface area contributed by atoms with Crippen molar-refractivity contribution >= 4 is 44.9 Å². The van der Waals surface area contributed by atoms with E-state index < -0.39 is 5.69 Å². The number of halogens is 1. The second-order valence-corrected chi connectivity index (χ2v) is 9.81. The summed E-state index contributed by atoms with van der Waals surface area (Å²) in [7, 11) is 0. The predicted octanol–water partition coefficient (Wildman–Crippen LogP) is 3.49. The minimum absolute atomic E-state index is 0.0248. The van der Waals surface area contributed by atoms with Gasteiger partial charge in [0.25, 0.3) is 0 Å². The molecule has 0 saturated carbocycles. The molecule has 2 heterocycles. The van der Waals surface area contributed by atoms with Crippen molar-refractivity contribution in [3.63, 3.8) is 0 Å². The minimum atomic E-state index is -0.441. The summed E-state index contributed by atoms with van der Waals surface area (Å²) < 4.78 is 3.29. The van der Waals surface area contributed by atoms with Crippen molar-refractivity contribution < 1.29 is 4.79 Å². The van der Waals surface area contributed by atoms with Gasteiger partial charge in [-0.2, -0.15) is 9.61 Å². The average Bonchev–Trinajstić information content (AvgIpc) is 2.85. The van der Waals surface area contributed by atoms with Gasteiger partial charge in [0.1, 0.15) is 11.6 Å². The number of fused-ring (bicyclic) bond motifs is 1. The van der Waals surface area contributed by atoms with E-state index in [4.69, 9.17) is 0 Å². The van der Waals surface area contributed by atoms with Crippen LogP contribution in [0.1, 0.15) is 26.3 Å². The number of benzene rings is 1. The fourth-order valence-corrected chi connectivity index (χ4v) is 3.55. The summed E-state index contributed by atoms with van der Waals surface area (Å²) in [6.07, 6.45) is 0. The summed E-state index contributed by atoms with van der Waals surface area (Å²) in [6, 6.07) is 9.06. The number of carbonyl (C=O) groups excluding carboxylic acids is 1. The molecule has 0 aliphatic carbocycles. The van der Waals surface area contributed by atoms with E-state index >= 15 is 0 Å². The smallest absolute Gasteiger partial charge is 0.324 e. The van der Waals surface area contributed by atoms with Crippen molar-refractivity contribution in [3.8, 4) is 0 Å². The van der Waals surface area contributed by atoms with Crippen LogP contribution in [0.3, 0.4) is 0 Å². The van der Waals surface area contributed by atoms with E-state index in [9.17, 15) is 9.59 Å². The van der Waals surface area contributed by atoms with Crippen LogP contribution in [-0.2, 0) is 11.3 Å². The maximum absolute atomic E-state index is 12.5. The lowest BCUT2D eigenvalue weighted by atomic mass is 10.2. The van der Waals surface area contributed by atoms with Crippen LogP contribution in [0.4, 0.5) is 5.69 Å². The molecule has 0 atom stereocenters. The van der Waals surface area contributed by atoms with Gasteiger partial charge in [-0.05, 0) is 42.8 Å². The van der Waals surface area contributed by atoms with Gasteiger partial charge in [-0.1, -0.05) is 48.5 Å². The van der Waals surface area contributed by atoms with Crippen LogP contribution in [0.15, 0.2) is 44.6 Å². The van der Waals surface area contributed by atoms with Crippen molar-refractivity contribution in [1.82, 2.24) is 19.4 Å². The lowest BCUT2D eigenvalue weighted by molar-refractivity contribution is -0.117. The Morgan fingerprint density at radius 1 is 1.22 bits per heavy atom.